The number of nitrogens with one attached hydrogen (secondary N) is 1. The molecule has 0 saturated heterocycles. The van der Waals surface area contributed by atoms with Crippen molar-refractivity contribution in [2.75, 3.05) is 45.8 Å². The molecular formula is C34H40N2O6. The van der Waals surface area contributed by atoms with Crippen LogP contribution in [0.3, 0.4) is 0 Å². The molecular weight excluding hydrogens is 532 g/mol. The summed E-state index contributed by atoms with van der Waals surface area (Å²) in [5.74, 6) is 0.795. The van der Waals surface area contributed by atoms with Crippen molar-refractivity contribution in [3.05, 3.63) is 83.9 Å². The van der Waals surface area contributed by atoms with Crippen LogP contribution in [0.4, 0.5) is 10.5 Å². The Bertz CT molecular complexity index is 1410. The Labute approximate surface area is 248 Å². The van der Waals surface area contributed by atoms with Crippen molar-refractivity contribution in [3.63, 3.8) is 0 Å². The summed E-state index contributed by atoms with van der Waals surface area (Å²) in [7, 11) is 3.22. The molecule has 3 aromatic rings. The molecule has 0 unspecified atom stereocenters. The van der Waals surface area contributed by atoms with Crippen LogP contribution in [-0.2, 0) is 14.3 Å². The highest BCUT2D eigenvalue weighted by atomic mass is 16.6. The number of methoxy groups -OCH3 is 2. The van der Waals surface area contributed by atoms with Gasteiger partial charge in [0.2, 0.25) is 0 Å². The highest BCUT2D eigenvalue weighted by Crippen LogP contribution is 2.34. The first kappa shape index (κ1) is 30.7. The number of ether oxygens (including phenoxy) is 4. The topological polar surface area (TPSA) is 86.3 Å². The van der Waals surface area contributed by atoms with Gasteiger partial charge in [-0.3, -0.25) is 4.79 Å². The van der Waals surface area contributed by atoms with E-state index in [-0.39, 0.29) is 12.5 Å². The van der Waals surface area contributed by atoms with Crippen molar-refractivity contribution >= 4 is 23.3 Å². The number of carbonyl (C=O) groups is 2. The minimum atomic E-state index is -0.647. The zero-order valence-electron chi connectivity index (χ0n) is 25.1. The summed E-state index contributed by atoms with van der Waals surface area (Å²) in [6.45, 7) is 7.02. The van der Waals surface area contributed by atoms with E-state index in [0.717, 1.165) is 22.3 Å². The van der Waals surface area contributed by atoms with Crippen molar-refractivity contribution in [2.24, 2.45) is 0 Å². The third kappa shape index (κ3) is 8.13. The lowest BCUT2D eigenvalue weighted by atomic mass is 9.91. The second kappa shape index (κ2) is 14.0. The molecule has 3 aromatic carbocycles. The second-order valence-electron chi connectivity index (χ2n) is 11.1. The highest BCUT2D eigenvalue weighted by Gasteiger charge is 2.31. The first-order valence-corrected chi connectivity index (χ1v) is 14.2. The number of amides is 2. The van der Waals surface area contributed by atoms with Crippen molar-refractivity contribution in [1.29, 1.82) is 0 Å². The second-order valence-corrected chi connectivity index (χ2v) is 11.1. The van der Waals surface area contributed by atoms with Gasteiger partial charge in [0.25, 0.3) is 5.91 Å². The van der Waals surface area contributed by atoms with E-state index in [4.69, 9.17) is 18.9 Å². The van der Waals surface area contributed by atoms with Gasteiger partial charge in [0.1, 0.15) is 17.1 Å². The standard InChI is InChI=1S/C34H40N2O6/c1-34(2,3)42-33(38)36-18-17-28(26-14-9-13-25(21-26)24-11-7-6-8-12-24)29(23-36)32(37)35-30-16-15-27(40-5)22-31(30)41-20-10-19-39-4/h6-9,11-16,21-22H,10,17-20,23H2,1-5H3,(H,35,37). The van der Waals surface area contributed by atoms with Crippen LogP contribution in [0.25, 0.3) is 16.7 Å². The summed E-state index contributed by atoms with van der Waals surface area (Å²) < 4.78 is 22.1. The number of carbonyl (C=O) groups excluding carboxylic acids is 2. The molecule has 42 heavy (non-hydrogen) atoms. The Hall–Kier alpha value is -4.30. The van der Waals surface area contributed by atoms with Gasteiger partial charge in [-0.15, -0.1) is 0 Å². The van der Waals surface area contributed by atoms with Gasteiger partial charge in [0.15, 0.2) is 0 Å². The average Bonchev–Trinajstić information content (AvgIpc) is 2.99. The van der Waals surface area contributed by atoms with Gasteiger partial charge in [0.05, 0.1) is 25.9 Å². The summed E-state index contributed by atoms with van der Waals surface area (Å²) in [4.78, 5) is 28.6. The van der Waals surface area contributed by atoms with Crippen molar-refractivity contribution in [1.82, 2.24) is 4.90 Å². The lowest BCUT2D eigenvalue weighted by Gasteiger charge is -2.32. The zero-order valence-corrected chi connectivity index (χ0v) is 25.1. The molecule has 0 radical (unpaired) electrons. The normalized spacial score (nSPS) is 13.5. The molecule has 1 aliphatic rings. The Balaban J connectivity index is 1.69. The number of rotatable bonds is 10. The van der Waals surface area contributed by atoms with Gasteiger partial charge in [-0.2, -0.15) is 0 Å². The molecule has 1 N–H and O–H groups in total. The minimum Gasteiger partial charge on any atom is -0.497 e. The molecule has 1 aliphatic heterocycles. The lowest BCUT2D eigenvalue weighted by Crippen LogP contribution is -2.42. The Morgan fingerprint density at radius 3 is 2.33 bits per heavy atom. The smallest absolute Gasteiger partial charge is 0.410 e. The van der Waals surface area contributed by atoms with Crippen LogP contribution in [0.1, 0.15) is 39.2 Å². The first-order valence-electron chi connectivity index (χ1n) is 14.2. The number of hydrogen-bond donors (Lipinski definition) is 1. The van der Waals surface area contributed by atoms with Crippen LogP contribution in [0.5, 0.6) is 11.5 Å². The molecule has 0 bridgehead atoms. The van der Waals surface area contributed by atoms with Gasteiger partial charge < -0.3 is 29.2 Å². The van der Waals surface area contributed by atoms with Crippen LogP contribution >= 0.6 is 0 Å². The van der Waals surface area contributed by atoms with E-state index in [2.05, 4.69) is 29.6 Å². The summed E-state index contributed by atoms with van der Waals surface area (Å²) >= 11 is 0. The maximum atomic E-state index is 14.0. The fraction of sp³-hybridized carbons (Fsp3) is 0.353. The summed E-state index contributed by atoms with van der Waals surface area (Å²) in [5, 5.41) is 3.04. The molecule has 0 aromatic heterocycles. The molecule has 0 atom stereocenters. The number of benzene rings is 3. The lowest BCUT2D eigenvalue weighted by molar-refractivity contribution is -0.113. The van der Waals surface area contributed by atoms with Crippen molar-refractivity contribution in [3.8, 4) is 22.6 Å². The molecule has 8 nitrogen and oxygen atoms in total. The fourth-order valence-corrected chi connectivity index (χ4v) is 4.73. The third-order valence-corrected chi connectivity index (χ3v) is 6.78. The molecule has 0 aliphatic carbocycles. The molecule has 2 amide bonds. The summed E-state index contributed by atoms with van der Waals surface area (Å²) in [6, 6.07) is 23.5. The van der Waals surface area contributed by atoms with Crippen LogP contribution in [0, 0.1) is 0 Å². The first-order chi connectivity index (χ1) is 20.2. The Morgan fingerprint density at radius 2 is 1.62 bits per heavy atom. The van der Waals surface area contributed by atoms with E-state index < -0.39 is 11.7 Å². The van der Waals surface area contributed by atoms with Gasteiger partial charge >= 0.3 is 6.09 Å². The highest BCUT2D eigenvalue weighted by molar-refractivity contribution is 6.10. The maximum absolute atomic E-state index is 14.0. The maximum Gasteiger partial charge on any atom is 0.410 e. The van der Waals surface area contributed by atoms with Crippen LogP contribution in [-0.4, -0.2) is 63.0 Å². The van der Waals surface area contributed by atoms with E-state index in [1.54, 1.807) is 37.3 Å². The number of anilines is 1. The predicted molar refractivity (Wildman–Crippen MR) is 165 cm³/mol. The number of nitrogens with zero attached hydrogens (tertiary/aromatic N) is 1. The van der Waals surface area contributed by atoms with E-state index in [9.17, 15) is 9.59 Å². The fourth-order valence-electron chi connectivity index (χ4n) is 4.73. The summed E-state index contributed by atoms with van der Waals surface area (Å²) in [6.07, 6.45) is 0.749. The zero-order chi connectivity index (χ0) is 30.1. The van der Waals surface area contributed by atoms with E-state index in [0.29, 0.717) is 55.4 Å². The third-order valence-electron chi connectivity index (χ3n) is 6.78. The molecule has 8 heteroatoms. The van der Waals surface area contributed by atoms with Gasteiger partial charge in [-0.1, -0.05) is 48.5 Å². The largest absolute Gasteiger partial charge is 0.497 e. The minimum absolute atomic E-state index is 0.117. The van der Waals surface area contributed by atoms with Gasteiger partial charge in [-0.05, 0) is 67.7 Å². The molecule has 0 fully saturated rings. The van der Waals surface area contributed by atoms with Crippen molar-refractivity contribution < 1.29 is 28.5 Å². The van der Waals surface area contributed by atoms with E-state index in [1.807, 2.05) is 51.1 Å². The predicted octanol–water partition coefficient (Wildman–Crippen LogP) is 6.81. The van der Waals surface area contributed by atoms with Crippen LogP contribution < -0.4 is 14.8 Å². The SMILES string of the molecule is COCCCOc1cc(OC)ccc1NC(=O)C1=C(c2cccc(-c3ccccc3)c2)CCN(C(=O)OC(C)(C)C)C1. The summed E-state index contributed by atoms with van der Waals surface area (Å²) in [5.41, 5.74) is 4.33. The monoisotopic (exact) mass is 572 g/mol. The van der Waals surface area contributed by atoms with Gasteiger partial charge in [-0.25, -0.2) is 4.79 Å². The molecule has 0 saturated carbocycles. The number of hydrogen-bond acceptors (Lipinski definition) is 6. The van der Waals surface area contributed by atoms with Crippen LogP contribution in [0.15, 0.2) is 78.4 Å². The Kier molecular flexibility index (Phi) is 10.3. The molecule has 1 heterocycles. The quantitative estimate of drug-likeness (QED) is 0.269. The van der Waals surface area contributed by atoms with E-state index >= 15 is 0 Å². The average molecular weight is 573 g/mol. The van der Waals surface area contributed by atoms with Crippen LogP contribution in [0.2, 0.25) is 0 Å². The van der Waals surface area contributed by atoms with E-state index in [1.165, 1.54) is 0 Å². The molecule has 0 spiro atoms. The van der Waals surface area contributed by atoms with Gasteiger partial charge in [0, 0.05) is 38.3 Å². The van der Waals surface area contributed by atoms with Crippen molar-refractivity contribution in [2.45, 2.75) is 39.2 Å². The molecule has 222 valence electrons. The molecule has 4 rings (SSSR count). The Morgan fingerprint density at radius 1 is 0.881 bits per heavy atom.